The van der Waals surface area contributed by atoms with Crippen molar-refractivity contribution in [3.63, 3.8) is 0 Å². The van der Waals surface area contributed by atoms with Crippen molar-refractivity contribution in [3.05, 3.63) is 0 Å². The molecule has 22 heavy (non-hydrogen) atoms. The van der Waals surface area contributed by atoms with Gasteiger partial charge in [0.05, 0.1) is 5.41 Å². The van der Waals surface area contributed by atoms with Crippen molar-refractivity contribution in [2.75, 3.05) is 0 Å². The zero-order valence-electron chi connectivity index (χ0n) is 13.8. The van der Waals surface area contributed by atoms with Crippen LogP contribution in [0.4, 0.5) is 0 Å². The number of hydrogen-bond acceptors (Lipinski definition) is 2. The van der Waals surface area contributed by atoms with Crippen LogP contribution in [0.25, 0.3) is 0 Å². The second-order valence-electron chi connectivity index (χ2n) is 6.87. The molecule has 0 aromatic heterocycles. The van der Waals surface area contributed by atoms with E-state index < -0.39 is 17.4 Å². The van der Waals surface area contributed by atoms with Crippen LogP contribution in [0.15, 0.2) is 0 Å². The fourth-order valence-corrected chi connectivity index (χ4v) is 3.60. The van der Waals surface area contributed by atoms with E-state index in [1.54, 1.807) is 0 Å². The molecule has 0 unspecified atom stereocenters. The Hall–Kier alpha value is -1.06. The lowest BCUT2D eigenvalue weighted by Gasteiger charge is -2.28. The maximum Gasteiger partial charge on any atom is 0.309 e. The molecule has 0 aromatic carbocycles. The van der Waals surface area contributed by atoms with E-state index in [0.29, 0.717) is 0 Å². The van der Waals surface area contributed by atoms with Gasteiger partial charge in [0.15, 0.2) is 0 Å². The normalized spacial score (nSPS) is 17.8. The maximum absolute atomic E-state index is 11.7. The molecule has 4 heteroatoms. The molecular weight excluding hydrogens is 280 g/mol. The van der Waals surface area contributed by atoms with Gasteiger partial charge in [0.1, 0.15) is 0 Å². The monoisotopic (exact) mass is 312 g/mol. The molecule has 0 heterocycles. The zero-order chi connectivity index (χ0) is 16.3. The van der Waals surface area contributed by atoms with E-state index >= 15 is 0 Å². The van der Waals surface area contributed by atoms with Crippen molar-refractivity contribution in [2.24, 2.45) is 5.41 Å². The minimum Gasteiger partial charge on any atom is -0.481 e. The first-order valence-electron chi connectivity index (χ1n) is 9.02. The SMILES string of the molecule is O=C(O)CCCCCCCCCC1(C(=O)O)CCCCCC1. The predicted octanol–water partition coefficient (Wildman–Crippen LogP) is 5.01. The molecule has 4 nitrogen and oxygen atoms in total. The van der Waals surface area contributed by atoms with Crippen molar-refractivity contribution >= 4 is 11.9 Å². The van der Waals surface area contributed by atoms with Gasteiger partial charge >= 0.3 is 11.9 Å². The molecule has 0 aromatic rings. The van der Waals surface area contributed by atoms with Crippen LogP contribution in [-0.4, -0.2) is 22.2 Å². The number of unbranched alkanes of at least 4 members (excludes halogenated alkanes) is 6. The summed E-state index contributed by atoms with van der Waals surface area (Å²) < 4.78 is 0. The van der Waals surface area contributed by atoms with E-state index in [0.717, 1.165) is 77.0 Å². The van der Waals surface area contributed by atoms with Gasteiger partial charge in [0.2, 0.25) is 0 Å². The highest BCUT2D eigenvalue weighted by Crippen LogP contribution is 2.39. The predicted molar refractivity (Wildman–Crippen MR) is 87.0 cm³/mol. The zero-order valence-corrected chi connectivity index (χ0v) is 13.8. The van der Waals surface area contributed by atoms with Crippen LogP contribution < -0.4 is 0 Å². The first-order valence-corrected chi connectivity index (χ1v) is 9.02. The van der Waals surface area contributed by atoms with Crippen LogP contribution in [0.5, 0.6) is 0 Å². The summed E-state index contributed by atoms with van der Waals surface area (Å²) in [5, 5.41) is 18.2. The van der Waals surface area contributed by atoms with E-state index in [2.05, 4.69) is 0 Å². The summed E-state index contributed by atoms with van der Waals surface area (Å²) in [7, 11) is 0. The Morgan fingerprint density at radius 2 is 1.23 bits per heavy atom. The Morgan fingerprint density at radius 3 is 1.73 bits per heavy atom. The Balaban J connectivity index is 2.11. The molecule has 1 aliphatic rings. The topological polar surface area (TPSA) is 74.6 Å². The molecule has 0 aliphatic heterocycles. The summed E-state index contributed by atoms with van der Waals surface area (Å²) in [6.45, 7) is 0. The van der Waals surface area contributed by atoms with E-state index in [1.807, 2.05) is 0 Å². The van der Waals surface area contributed by atoms with Gasteiger partial charge in [-0.3, -0.25) is 9.59 Å². The third-order valence-electron chi connectivity index (χ3n) is 5.06. The Bertz CT molecular complexity index is 330. The third-order valence-corrected chi connectivity index (χ3v) is 5.06. The average Bonchev–Trinajstić information content (AvgIpc) is 2.72. The Morgan fingerprint density at radius 1 is 0.727 bits per heavy atom. The molecule has 1 aliphatic carbocycles. The highest BCUT2D eigenvalue weighted by atomic mass is 16.4. The molecule has 0 radical (unpaired) electrons. The molecule has 1 rings (SSSR count). The van der Waals surface area contributed by atoms with Gasteiger partial charge in [-0.2, -0.15) is 0 Å². The second kappa shape index (κ2) is 10.6. The summed E-state index contributed by atoms with van der Waals surface area (Å²) in [5.41, 5.74) is -0.446. The van der Waals surface area contributed by atoms with Crippen molar-refractivity contribution in [1.82, 2.24) is 0 Å². The van der Waals surface area contributed by atoms with E-state index in [4.69, 9.17) is 5.11 Å². The van der Waals surface area contributed by atoms with Gasteiger partial charge in [-0.1, -0.05) is 64.2 Å². The number of aliphatic carboxylic acids is 2. The van der Waals surface area contributed by atoms with Crippen LogP contribution in [0.2, 0.25) is 0 Å². The summed E-state index contributed by atoms with van der Waals surface area (Å²) in [6, 6.07) is 0. The van der Waals surface area contributed by atoms with Crippen molar-refractivity contribution < 1.29 is 19.8 Å². The summed E-state index contributed by atoms with van der Waals surface area (Å²) >= 11 is 0. The van der Waals surface area contributed by atoms with Gasteiger partial charge in [0, 0.05) is 6.42 Å². The molecule has 0 saturated heterocycles. The van der Waals surface area contributed by atoms with Crippen molar-refractivity contribution in [1.29, 1.82) is 0 Å². The van der Waals surface area contributed by atoms with Gasteiger partial charge in [-0.15, -0.1) is 0 Å². The number of hydrogen-bond donors (Lipinski definition) is 2. The lowest BCUT2D eigenvalue weighted by Crippen LogP contribution is -2.30. The molecule has 2 N–H and O–H groups in total. The molecule has 0 amide bonds. The number of carboxylic acids is 2. The van der Waals surface area contributed by atoms with Gasteiger partial charge in [-0.05, 0) is 25.7 Å². The van der Waals surface area contributed by atoms with Crippen LogP contribution in [0.3, 0.4) is 0 Å². The highest BCUT2D eigenvalue weighted by Gasteiger charge is 2.37. The molecule has 1 saturated carbocycles. The molecule has 128 valence electrons. The largest absolute Gasteiger partial charge is 0.481 e. The van der Waals surface area contributed by atoms with E-state index in [-0.39, 0.29) is 6.42 Å². The van der Waals surface area contributed by atoms with Crippen LogP contribution in [0.1, 0.15) is 96.3 Å². The van der Waals surface area contributed by atoms with E-state index in [1.165, 1.54) is 12.8 Å². The third kappa shape index (κ3) is 7.28. The molecular formula is C18H32O4. The summed E-state index contributed by atoms with van der Waals surface area (Å²) in [4.78, 5) is 22.1. The average molecular weight is 312 g/mol. The van der Waals surface area contributed by atoms with Crippen LogP contribution in [-0.2, 0) is 9.59 Å². The fourth-order valence-electron chi connectivity index (χ4n) is 3.60. The minimum absolute atomic E-state index is 0.279. The number of carboxylic acid groups (broad SMARTS) is 2. The quantitative estimate of drug-likeness (QED) is 0.415. The molecule has 0 spiro atoms. The minimum atomic E-state index is -0.706. The van der Waals surface area contributed by atoms with Crippen molar-refractivity contribution in [2.45, 2.75) is 96.3 Å². The maximum atomic E-state index is 11.7. The Labute approximate surface area is 134 Å². The van der Waals surface area contributed by atoms with Crippen molar-refractivity contribution in [3.8, 4) is 0 Å². The highest BCUT2D eigenvalue weighted by molar-refractivity contribution is 5.74. The van der Waals surface area contributed by atoms with Gasteiger partial charge in [0.25, 0.3) is 0 Å². The fraction of sp³-hybridized carbons (Fsp3) is 0.889. The Kier molecular flexibility index (Phi) is 9.17. The first-order chi connectivity index (χ1) is 10.6. The van der Waals surface area contributed by atoms with Gasteiger partial charge < -0.3 is 10.2 Å². The van der Waals surface area contributed by atoms with Gasteiger partial charge in [-0.25, -0.2) is 0 Å². The second-order valence-corrected chi connectivity index (χ2v) is 6.87. The molecule has 1 fully saturated rings. The number of carbonyl (C=O) groups is 2. The standard InChI is InChI=1S/C18H32O4/c19-16(20)12-8-4-2-1-3-5-9-13-18(17(21)22)14-10-6-7-11-15-18/h1-15H2,(H,19,20)(H,21,22). The lowest BCUT2D eigenvalue weighted by molar-refractivity contribution is -0.150. The van der Waals surface area contributed by atoms with Crippen LogP contribution in [0, 0.1) is 5.41 Å². The molecule has 0 bridgehead atoms. The summed E-state index contributed by atoms with van der Waals surface area (Å²) in [6.07, 6.45) is 14.6. The van der Waals surface area contributed by atoms with E-state index in [9.17, 15) is 14.7 Å². The number of rotatable bonds is 11. The molecule has 0 atom stereocenters. The van der Waals surface area contributed by atoms with Crippen LogP contribution >= 0.6 is 0 Å². The summed E-state index contributed by atoms with van der Waals surface area (Å²) in [5.74, 6) is -1.29. The first kappa shape index (κ1) is 19.0. The lowest BCUT2D eigenvalue weighted by atomic mass is 9.76. The smallest absolute Gasteiger partial charge is 0.309 e.